The molecule has 2 aromatic rings. The fourth-order valence-corrected chi connectivity index (χ4v) is 2.49. The van der Waals surface area contributed by atoms with E-state index in [-0.39, 0.29) is 6.10 Å². The third-order valence-electron chi connectivity index (χ3n) is 3.19. The minimum Gasteiger partial charge on any atom is -0.491 e. The average molecular weight is 230 g/mol. The van der Waals surface area contributed by atoms with Gasteiger partial charge in [-0.05, 0) is 50.6 Å². The summed E-state index contributed by atoms with van der Waals surface area (Å²) >= 11 is 0. The summed E-state index contributed by atoms with van der Waals surface area (Å²) in [5.41, 5.74) is 4.00. The van der Waals surface area contributed by atoms with Crippen molar-refractivity contribution in [2.45, 2.75) is 32.9 Å². The maximum absolute atomic E-state index is 5.75. The summed E-state index contributed by atoms with van der Waals surface area (Å²) in [7, 11) is 0. The molecule has 0 saturated heterocycles. The van der Waals surface area contributed by atoms with Crippen LogP contribution in [0, 0.1) is 0 Å². The van der Waals surface area contributed by atoms with Gasteiger partial charge >= 0.3 is 0 Å². The van der Waals surface area contributed by atoms with E-state index in [1.165, 1.54) is 22.2 Å². The molecule has 0 unspecified atom stereocenters. The van der Waals surface area contributed by atoms with Crippen molar-refractivity contribution in [1.82, 2.24) is 10.3 Å². The second kappa shape index (κ2) is 4.08. The maximum atomic E-state index is 5.75. The van der Waals surface area contributed by atoms with Gasteiger partial charge in [0.05, 0.1) is 6.10 Å². The predicted octanol–water partition coefficient (Wildman–Crippen LogP) is 2.60. The van der Waals surface area contributed by atoms with Crippen molar-refractivity contribution in [3.05, 3.63) is 29.5 Å². The van der Waals surface area contributed by atoms with Crippen molar-refractivity contribution in [2.24, 2.45) is 0 Å². The normalized spacial score (nSPS) is 15.2. The van der Waals surface area contributed by atoms with Crippen LogP contribution in [0.1, 0.15) is 25.1 Å². The molecule has 0 aliphatic carbocycles. The first-order valence-electron chi connectivity index (χ1n) is 6.25. The monoisotopic (exact) mass is 230 g/mol. The van der Waals surface area contributed by atoms with Crippen LogP contribution >= 0.6 is 0 Å². The SMILES string of the molecule is CC(C)Oc1ccc2[nH]c3c(c2c1)CCNC3. The summed E-state index contributed by atoms with van der Waals surface area (Å²) < 4.78 is 5.75. The zero-order chi connectivity index (χ0) is 11.8. The first-order chi connectivity index (χ1) is 8.24. The Kier molecular flexibility index (Phi) is 2.56. The number of hydrogen-bond acceptors (Lipinski definition) is 2. The number of hydrogen-bond donors (Lipinski definition) is 2. The minimum absolute atomic E-state index is 0.226. The van der Waals surface area contributed by atoms with Crippen LogP contribution < -0.4 is 10.1 Å². The lowest BCUT2D eigenvalue weighted by molar-refractivity contribution is 0.243. The van der Waals surface area contributed by atoms with Gasteiger partial charge < -0.3 is 15.0 Å². The number of H-pyrrole nitrogens is 1. The smallest absolute Gasteiger partial charge is 0.120 e. The summed E-state index contributed by atoms with van der Waals surface area (Å²) in [5.74, 6) is 0.966. The van der Waals surface area contributed by atoms with Crippen molar-refractivity contribution in [1.29, 1.82) is 0 Å². The van der Waals surface area contributed by atoms with Gasteiger partial charge in [0.1, 0.15) is 5.75 Å². The molecule has 3 rings (SSSR count). The second-order valence-electron chi connectivity index (χ2n) is 4.88. The summed E-state index contributed by atoms with van der Waals surface area (Å²) in [5, 5.41) is 4.71. The predicted molar refractivity (Wildman–Crippen MR) is 69.5 cm³/mol. The van der Waals surface area contributed by atoms with E-state index in [9.17, 15) is 0 Å². The molecule has 1 aliphatic rings. The largest absolute Gasteiger partial charge is 0.491 e. The molecular formula is C14H18N2O. The molecule has 0 saturated carbocycles. The van der Waals surface area contributed by atoms with Crippen molar-refractivity contribution in [2.75, 3.05) is 6.54 Å². The molecule has 2 N–H and O–H groups in total. The fourth-order valence-electron chi connectivity index (χ4n) is 2.49. The number of fused-ring (bicyclic) bond motifs is 3. The number of aromatic nitrogens is 1. The number of rotatable bonds is 2. The lowest BCUT2D eigenvalue weighted by Gasteiger charge is -2.13. The Hall–Kier alpha value is -1.48. The van der Waals surface area contributed by atoms with Crippen LogP contribution in [0.4, 0.5) is 0 Å². The van der Waals surface area contributed by atoms with Crippen molar-refractivity contribution in [3.63, 3.8) is 0 Å². The van der Waals surface area contributed by atoms with E-state index in [1.807, 2.05) is 6.07 Å². The Morgan fingerprint density at radius 2 is 2.18 bits per heavy atom. The first-order valence-corrected chi connectivity index (χ1v) is 6.25. The molecule has 0 amide bonds. The summed E-state index contributed by atoms with van der Waals surface area (Å²) in [6.45, 7) is 6.13. The van der Waals surface area contributed by atoms with E-state index >= 15 is 0 Å². The highest BCUT2D eigenvalue weighted by atomic mass is 16.5. The lowest BCUT2D eigenvalue weighted by Crippen LogP contribution is -2.22. The van der Waals surface area contributed by atoms with Crippen molar-refractivity contribution < 1.29 is 4.74 Å². The number of aromatic amines is 1. The molecule has 0 fully saturated rings. The Labute approximate surface area is 101 Å². The molecule has 0 bridgehead atoms. The van der Waals surface area contributed by atoms with Gasteiger partial charge in [0, 0.05) is 23.1 Å². The Balaban J connectivity index is 2.08. The molecule has 1 aliphatic heterocycles. The molecule has 90 valence electrons. The molecule has 2 heterocycles. The molecule has 3 heteroatoms. The van der Waals surface area contributed by atoms with Gasteiger partial charge in [-0.2, -0.15) is 0 Å². The second-order valence-corrected chi connectivity index (χ2v) is 4.88. The highest BCUT2D eigenvalue weighted by Crippen LogP contribution is 2.28. The molecule has 0 spiro atoms. The first kappa shape index (κ1) is 10.7. The minimum atomic E-state index is 0.226. The van der Waals surface area contributed by atoms with Crippen LogP contribution in [0.5, 0.6) is 5.75 Å². The van der Waals surface area contributed by atoms with E-state index in [0.717, 1.165) is 25.3 Å². The van der Waals surface area contributed by atoms with E-state index in [2.05, 4.69) is 36.3 Å². The lowest BCUT2D eigenvalue weighted by atomic mass is 10.0. The van der Waals surface area contributed by atoms with Crippen LogP contribution in [0.25, 0.3) is 10.9 Å². The maximum Gasteiger partial charge on any atom is 0.120 e. The Bertz CT molecular complexity index is 542. The topological polar surface area (TPSA) is 37.0 Å². The summed E-state index contributed by atoms with van der Waals surface area (Å²) in [4.78, 5) is 3.48. The fraction of sp³-hybridized carbons (Fsp3) is 0.429. The number of benzene rings is 1. The third-order valence-corrected chi connectivity index (χ3v) is 3.19. The van der Waals surface area contributed by atoms with E-state index in [4.69, 9.17) is 4.74 Å². The van der Waals surface area contributed by atoms with Gasteiger partial charge in [-0.15, -0.1) is 0 Å². The molecular weight excluding hydrogens is 212 g/mol. The van der Waals surface area contributed by atoms with E-state index in [0.29, 0.717) is 0 Å². The number of ether oxygens (including phenoxy) is 1. The van der Waals surface area contributed by atoms with Crippen LogP contribution in [0.2, 0.25) is 0 Å². The van der Waals surface area contributed by atoms with Gasteiger partial charge in [0.2, 0.25) is 0 Å². The summed E-state index contributed by atoms with van der Waals surface area (Å²) in [6.07, 6.45) is 1.32. The van der Waals surface area contributed by atoms with Crippen LogP contribution in [-0.4, -0.2) is 17.6 Å². The van der Waals surface area contributed by atoms with Crippen molar-refractivity contribution in [3.8, 4) is 5.75 Å². The van der Waals surface area contributed by atoms with Crippen molar-refractivity contribution >= 4 is 10.9 Å². The van der Waals surface area contributed by atoms with Crippen LogP contribution in [0.15, 0.2) is 18.2 Å². The highest BCUT2D eigenvalue weighted by molar-refractivity contribution is 5.86. The molecule has 17 heavy (non-hydrogen) atoms. The van der Waals surface area contributed by atoms with E-state index < -0.39 is 0 Å². The molecule has 1 aromatic carbocycles. The number of nitrogens with one attached hydrogen (secondary N) is 2. The Morgan fingerprint density at radius 1 is 1.29 bits per heavy atom. The molecule has 0 atom stereocenters. The zero-order valence-corrected chi connectivity index (χ0v) is 10.3. The summed E-state index contributed by atoms with van der Waals surface area (Å²) in [6, 6.07) is 6.32. The van der Waals surface area contributed by atoms with Gasteiger partial charge in [-0.3, -0.25) is 0 Å². The van der Waals surface area contributed by atoms with Gasteiger partial charge in [0.25, 0.3) is 0 Å². The van der Waals surface area contributed by atoms with Crippen LogP contribution in [0.3, 0.4) is 0 Å². The average Bonchev–Trinajstić information content (AvgIpc) is 2.66. The van der Waals surface area contributed by atoms with E-state index in [1.54, 1.807) is 0 Å². The molecule has 3 nitrogen and oxygen atoms in total. The highest BCUT2D eigenvalue weighted by Gasteiger charge is 2.15. The molecule has 0 radical (unpaired) electrons. The third kappa shape index (κ3) is 1.91. The van der Waals surface area contributed by atoms with Gasteiger partial charge in [-0.1, -0.05) is 0 Å². The standard InChI is InChI=1S/C14H18N2O/c1-9(2)17-10-3-4-13-12(7-10)11-5-6-15-8-14(11)16-13/h3-4,7,9,15-16H,5-6,8H2,1-2H3. The van der Waals surface area contributed by atoms with Gasteiger partial charge in [-0.25, -0.2) is 0 Å². The Morgan fingerprint density at radius 3 is 3.00 bits per heavy atom. The quantitative estimate of drug-likeness (QED) is 0.832. The zero-order valence-electron chi connectivity index (χ0n) is 10.3. The van der Waals surface area contributed by atoms with Gasteiger partial charge in [0.15, 0.2) is 0 Å². The molecule has 1 aromatic heterocycles. The van der Waals surface area contributed by atoms with Crippen LogP contribution in [-0.2, 0) is 13.0 Å².